The van der Waals surface area contributed by atoms with Crippen LogP contribution in [0.25, 0.3) is 16.7 Å². The molecule has 3 heteroatoms. The van der Waals surface area contributed by atoms with Gasteiger partial charge >= 0.3 is 0 Å². The zero-order valence-corrected chi connectivity index (χ0v) is 32.6. The van der Waals surface area contributed by atoms with E-state index < -0.39 is 6.17 Å². The maximum Gasteiger partial charge on any atom is 0.130 e. The second-order valence-electron chi connectivity index (χ2n) is 14.4. The van der Waals surface area contributed by atoms with Crippen LogP contribution in [0.4, 0.5) is 0 Å². The third-order valence-electron chi connectivity index (χ3n) is 10.8. The first-order valence-electron chi connectivity index (χ1n) is 19.7. The number of aliphatic imine (C=N–C) groups is 1. The van der Waals surface area contributed by atoms with E-state index in [0.29, 0.717) is 6.54 Å². The Morgan fingerprint density at radius 1 is 0.732 bits per heavy atom. The van der Waals surface area contributed by atoms with E-state index in [1.54, 1.807) is 0 Å². The van der Waals surface area contributed by atoms with Gasteiger partial charge in [0.15, 0.2) is 0 Å². The Kier molecular flexibility index (Phi) is 12.5. The molecule has 0 saturated carbocycles. The highest BCUT2D eigenvalue weighted by atomic mass is 15.1. The average Bonchev–Trinajstić information content (AvgIpc) is 3.27. The standard InChI is InChI=1S/C53H51N3/c1-4-40-28-33-47(43-29-31-45(32-30-43)50(44-22-14-8-15-23-44)34-41(5-2)42-20-12-7-13-21-42)35-51(40)49-36-48(27-26-38(49)3)52(54)56-53(46-24-16-9-17-25-46)55-37-39-18-10-6-11-19-39/h4-27,29,31,34-36,52H,1,28,30,32-33,37,54H2,2-3H3,(H,55,56)/b41-5+,50-34+. The van der Waals surface area contributed by atoms with Gasteiger partial charge in [-0.2, -0.15) is 0 Å². The highest BCUT2D eigenvalue weighted by Crippen LogP contribution is 2.40. The van der Waals surface area contributed by atoms with Gasteiger partial charge in [-0.3, -0.25) is 4.99 Å². The second kappa shape index (κ2) is 18.4. The Morgan fingerprint density at radius 2 is 1.36 bits per heavy atom. The minimum Gasteiger partial charge on any atom is -0.351 e. The summed E-state index contributed by atoms with van der Waals surface area (Å²) >= 11 is 0. The maximum absolute atomic E-state index is 6.95. The molecule has 0 aliphatic heterocycles. The van der Waals surface area contributed by atoms with Crippen molar-refractivity contribution < 1.29 is 0 Å². The number of nitrogens with two attached hydrogens (primary N) is 1. The summed E-state index contributed by atoms with van der Waals surface area (Å²) in [5.74, 6) is 0.777. The van der Waals surface area contributed by atoms with Gasteiger partial charge in [0.05, 0.1) is 6.54 Å². The summed E-state index contributed by atoms with van der Waals surface area (Å²) in [7, 11) is 0. The van der Waals surface area contributed by atoms with Crippen molar-refractivity contribution in [2.45, 2.75) is 52.2 Å². The van der Waals surface area contributed by atoms with E-state index >= 15 is 0 Å². The van der Waals surface area contributed by atoms with Crippen LogP contribution >= 0.6 is 0 Å². The van der Waals surface area contributed by atoms with E-state index in [2.05, 4.69) is 159 Å². The molecule has 1 atom stereocenters. The van der Waals surface area contributed by atoms with E-state index in [-0.39, 0.29) is 0 Å². The molecule has 0 aromatic heterocycles. The molecule has 0 heterocycles. The molecule has 0 fully saturated rings. The van der Waals surface area contributed by atoms with Crippen molar-refractivity contribution in [2.24, 2.45) is 10.7 Å². The third-order valence-corrected chi connectivity index (χ3v) is 10.8. The molecule has 3 nitrogen and oxygen atoms in total. The number of aryl methyl sites for hydroxylation is 1. The van der Waals surface area contributed by atoms with Crippen molar-refractivity contribution >= 4 is 22.6 Å². The van der Waals surface area contributed by atoms with Crippen LogP contribution in [0.1, 0.15) is 77.7 Å². The van der Waals surface area contributed by atoms with Gasteiger partial charge in [-0.05, 0) is 124 Å². The SMILES string of the molecule is C=CC1=C(c2cc(C(N)N/C(=N\Cc3ccccc3)c3ccccc3)ccc2C)C=C(C2=CC=C(/C(=C/C(=C\C)c3ccccc3)c3ccccc3)CC2)CC1. The number of rotatable bonds is 12. The third kappa shape index (κ3) is 9.14. The van der Waals surface area contributed by atoms with Gasteiger partial charge in [0, 0.05) is 5.56 Å². The van der Waals surface area contributed by atoms with Crippen molar-refractivity contribution in [3.8, 4) is 0 Å². The van der Waals surface area contributed by atoms with Gasteiger partial charge in [0.1, 0.15) is 12.0 Å². The molecule has 0 saturated heterocycles. The fraction of sp³-hybridized carbons (Fsp3) is 0.151. The highest BCUT2D eigenvalue weighted by molar-refractivity contribution is 5.99. The van der Waals surface area contributed by atoms with Gasteiger partial charge < -0.3 is 11.1 Å². The lowest BCUT2D eigenvalue weighted by molar-refractivity contribution is 0.678. The van der Waals surface area contributed by atoms with Crippen molar-refractivity contribution in [3.63, 3.8) is 0 Å². The lowest BCUT2D eigenvalue weighted by Gasteiger charge is -2.25. The van der Waals surface area contributed by atoms with Crippen LogP contribution in [0.15, 0.2) is 210 Å². The zero-order chi connectivity index (χ0) is 38.7. The summed E-state index contributed by atoms with van der Waals surface area (Å²) in [4.78, 5) is 4.99. The van der Waals surface area contributed by atoms with Gasteiger partial charge in [-0.15, -0.1) is 0 Å². The number of amidine groups is 1. The Morgan fingerprint density at radius 3 is 1.98 bits per heavy atom. The summed E-state index contributed by atoms with van der Waals surface area (Å²) < 4.78 is 0. The number of hydrogen-bond acceptors (Lipinski definition) is 2. The lowest BCUT2D eigenvalue weighted by Crippen LogP contribution is -2.35. The highest BCUT2D eigenvalue weighted by Gasteiger charge is 2.21. The molecule has 2 aliphatic rings. The number of nitrogens with zero attached hydrogens (tertiary/aromatic N) is 1. The van der Waals surface area contributed by atoms with E-state index in [1.807, 2.05) is 42.5 Å². The monoisotopic (exact) mass is 729 g/mol. The topological polar surface area (TPSA) is 50.4 Å². The van der Waals surface area contributed by atoms with Crippen LogP contribution in [-0.4, -0.2) is 5.84 Å². The quantitative estimate of drug-likeness (QED) is 0.0581. The number of allylic oxidation sites excluding steroid dienone is 13. The minimum absolute atomic E-state index is 0.453. The van der Waals surface area contributed by atoms with Gasteiger partial charge in [0.25, 0.3) is 0 Å². The van der Waals surface area contributed by atoms with Crippen LogP contribution < -0.4 is 11.1 Å². The molecule has 2 aliphatic carbocycles. The van der Waals surface area contributed by atoms with Crippen molar-refractivity contribution in [1.29, 1.82) is 0 Å². The molecule has 1 unspecified atom stereocenters. The van der Waals surface area contributed by atoms with E-state index in [0.717, 1.165) is 48.2 Å². The Labute approximate surface area is 333 Å². The number of benzene rings is 5. The van der Waals surface area contributed by atoms with Gasteiger partial charge in [-0.1, -0.05) is 170 Å². The van der Waals surface area contributed by atoms with Crippen molar-refractivity contribution in [3.05, 3.63) is 244 Å². The molecule has 5 aromatic carbocycles. The van der Waals surface area contributed by atoms with E-state index in [9.17, 15) is 0 Å². The Bertz CT molecular complexity index is 2370. The maximum atomic E-state index is 6.95. The average molecular weight is 730 g/mol. The van der Waals surface area contributed by atoms with Crippen LogP contribution in [0.3, 0.4) is 0 Å². The number of nitrogens with one attached hydrogen (secondary N) is 1. The first-order valence-corrected chi connectivity index (χ1v) is 19.7. The summed E-state index contributed by atoms with van der Waals surface area (Å²) in [5, 5.41) is 3.56. The lowest BCUT2D eigenvalue weighted by atomic mass is 9.80. The van der Waals surface area contributed by atoms with Crippen LogP contribution in [-0.2, 0) is 6.54 Å². The van der Waals surface area contributed by atoms with Crippen LogP contribution in [0.5, 0.6) is 0 Å². The predicted molar refractivity (Wildman–Crippen MR) is 239 cm³/mol. The molecular formula is C53H51N3. The molecule has 0 amide bonds. The molecule has 56 heavy (non-hydrogen) atoms. The van der Waals surface area contributed by atoms with Gasteiger partial charge in [0.2, 0.25) is 0 Å². The van der Waals surface area contributed by atoms with Crippen LogP contribution in [0.2, 0.25) is 0 Å². The fourth-order valence-corrected chi connectivity index (χ4v) is 7.61. The van der Waals surface area contributed by atoms with Crippen molar-refractivity contribution in [1.82, 2.24) is 5.32 Å². The Hall–Kier alpha value is -6.29. The molecule has 7 rings (SSSR count). The second-order valence-corrected chi connectivity index (χ2v) is 14.4. The molecule has 5 aromatic rings. The molecular weight excluding hydrogens is 679 g/mol. The molecule has 0 bridgehead atoms. The normalized spacial score (nSPS) is 15.8. The summed E-state index contributed by atoms with van der Waals surface area (Å²) in [6.07, 6.45) is 17.2. The van der Waals surface area contributed by atoms with Gasteiger partial charge in [-0.25, -0.2) is 0 Å². The molecule has 3 N–H and O–H groups in total. The number of hydrogen-bond donors (Lipinski definition) is 2. The summed E-state index contributed by atoms with van der Waals surface area (Å²) in [6, 6.07) is 48.5. The van der Waals surface area contributed by atoms with E-state index in [4.69, 9.17) is 10.7 Å². The Balaban J connectivity index is 1.17. The first-order chi connectivity index (χ1) is 27.5. The largest absolute Gasteiger partial charge is 0.351 e. The van der Waals surface area contributed by atoms with E-state index in [1.165, 1.54) is 61.3 Å². The fourth-order valence-electron chi connectivity index (χ4n) is 7.61. The molecule has 0 radical (unpaired) electrons. The van der Waals surface area contributed by atoms with Crippen molar-refractivity contribution in [2.75, 3.05) is 0 Å². The predicted octanol–water partition coefficient (Wildman–Crippen LogP) is 12.7. The smallest absolute Gasteiger partial charge is 0.130 e. The first kappa shape index (κ1) is 38.0. The zero-order valence-electron chi connectivity index (χ0n) is 32.6. The van der Waals surface area contributed by atoms with Crippen LogP contribution in [0, 0.1) is 6.92 Å². The summed E-state index contributed by atoms with van der Waals surface area (Å²) in [6.45, 7) is 9.11. The molecule has 0 spiro atoms. The minimum atomic E-state index is -0.453. The molecule has 278 valence electrons. The summed E-state index contributed by atoms with van der Waals surface area (Å²) in [5.41, 5.74) is 24.2.